The van der Waals surface area contributed by atoms with Crippen LogP contribution in [0.4, 0.5) is 0 Å². The first-order chi connectivity index (χ1) is 13.2. The van der Waals surface area contributed by atoms with Crippen LogP contribution in [0.3, 0.4) is 0 Å². The van der Waals surface area contributed by atoms with Crippen LogP contribution < -0.4 is 5.32 Å². The number of pyridine rings is 1. The Balaban J connectivity index is 1.75. The number of hydrogen-bond acceptors (Lipinski definition) is 6. The average molecular weight is 435 g/mol. The second-order valence-corrected chi connectivity index (χ2v) is 11.4. The van der Waals surface area contributed by atoms with Crippen LogP contribution in [0.15, 0.2) is 24.5 Å². The molecule has 4 rings (SSSR count). The Bertz CT molecular complexity index is 1110. The molecule has 0 bridgehead atoms. The van der Waals surface area contributed by atoms with Gasteiger partial charge in [-0.05, 0) is 31.9 Å². The lowest BCUT2D eigenvalue weighted by Crippen LogP contribution is -2.65. The summed E-state index contributed by atoms with van der Waals surface area (Å²) in [6.07, 6.45) is 5.80. The molecular formula is C19H19ClN4O2S2. The van der Waals surface area contributed by atoms with Crippen LogP contribution in [-0.2, 0) is 15.4 Å². The Hall–Kier alpha value is -1.95. The lowest BCUT2D eigenvalue weighted by Gasteiger charge is -2.44. The zero-order chi connectivity index (χ0) is 20.2. The van der Waals surface area contributed by atoms with E-state index in [2.05, 4.69) is 16.4 Å². The number of rotatable bonds is 2. The van der Waals surface area contributed by atoms with Crippen molar-refractivity contribution in [3.05, 3.63) is 40.0 Å². The molecule has 0 aromatic carbocycles. The summed E-state index contributed by atoms with van der Waals surface area (Å²) in [4.78, 5) is 5.56. The van der Waals surface area contributed by atoms with Crippen molar-refractivity contribution in [2.75, 3.05) is 5.75 Å². The zero-order valence-electron chi connectivity index (χ0n) is 15.3. The molecule has 1 saturated carbocycles. The first-order valence-corrected chi connectivity index (χ1v) is 11.8. The van der Waals surface area contributed by atoms with Crippen LogP contribution in [0.1, 0.15) is 43.0 Å². The van der Waals surface area contributed by atoms with Gasteiger partial charge < -0.3 is 5.32 Å². The predicted molar refractivity (Wildman–Crippen MR) is 110 cm³/mol. The molecule has 1 saturated heterocycles. The molecule has 146 valence electrons. The van der Waals surface area contributed by atoms with Gasteiger partial charge in [-0.3, -0.25) is 10.4 Å². The van der Waals surface area contributed by atoms with Gasteiger partial charge in [-0.25, -0.2) is 8.42 Å². The molecule has 2 N–H and O–H groups in total. The molecule has 9 heteroatoms. The number of nitrogens with zero attached hydrogens (tertiary/aromatic N) is 2. The van der Waals surface area contributed by atoms with Gasteiger partial charge in [0.15, 0.2) is 9.84 Å². The van der Waals surface area contributed by atoms with Crippen LogP contribution in [0.2, 0.25) is 5.02 Å². The first kappa shape index (κ1) is 19.4. The van der Waals surface area contributed by atoms with Crippen molar-refractivity contribution in [2.24, 2.45) is 0 Å². The molecule has 6 nitrogen and oxygen atoms in total. The molecule has 3 heterocycles. The summed E-state index contributed by atoms with van der Waals surface area (Å²) in [6, 6.07) is 5.55. The van der Waals surface area contributed by atoms with E-state index in [1.807, 2.05) is 0 Å². The van der Waals surface area contributed by atoms with Crippen molar-refractivity contribution in [1.82, 2.24) is 10.3 Å². The molecule has 1 spiro atoms. The van der Waals surface area contributed by atoms with Crippen LogP contribution in [0.5, 0.6) is 0 Å². The predicted octanol–water partition coefficient (Wildman–Crippen LogP) is 3.86. The molecule has 0 radical (unpaired) electrons. The van der Waals surface area contributed by atoms with E-state index in [1.54, 1.807) is 25.3 Å². The second-order valence-electron chi connectivity index (χ2n) is 7.65. The highest BCUT2D eigenvalue weighted by Gasteiger charge is 2.57. The normalized spacial score (nSPS) is 25.4. The van der Waals surface area contributed by atoms with Gasteiger partial charge in [0.05, 0.1) is 21.9 Å². The Labute approximate surface area is 173 Å². The zero-order valence-corrected chi connectivity index (χ0v) is 17.6. The summed E-state index contributed by atoms with van der Waals surface area (Å²) >= 11 is 7.87. The number of sulfone groups is 1. The number of thiophene rings is 1. The molecular weight excluding hydrogens is 416 g/mol. The number of aromatic nitrogens is 1. The highest BCUT2D eigenvalue weighted by Crippen LogP contribution is 2.47. The molecule has 28 heavy (non-hydrogen) atoms. The number of halogens is 1. The van der Waals surface area contributed by atoms with Gasteiger partial charge in [0.2, 0.25) is 0 Å². The molecule has 0 amide bonds. The third-order valence-corrected chi connectivity index (χ3v) is 10.3. The van der Waals surface area contributed by atoms with Gasteiger partial charge >= 0.3 is 0 Å². The number of nitriles is 1. The minimum atomic E-state index is -3.50. The highest BCUT2D eigenvalue weighted by atomic mass is 35.5. The fourth-order valence-electron chi connectivity index (χ4n) is 4.25. The van der Waals surface area contributed by atoms with Crippen molar-refractivity contribution in [3.8, 4) is 16.5 Å². The van der Waals surface area contributed by atoms with E-state index in [0.717, 1.165) is 23.3 Å². The second kappa shape index (κ2) is 6.55. The van der Waals surface area contributed by atoms with E-state index in [0.29, 0.717) is 28.3 Å². The number of amidine groups is 1. The minimum absolute atomic E-state index is 0.0814. The Kier molecular flexibility index (Phi) is 4.53. The van der Waals surface area contributed by atoms with E-state index < -0.39 is 20.1 Å². The third kappa shape index (κ3) is 2.84. The minimum Gasteiger partial charge on any atom is -0.362 e. The Morgan fingerprint density at radius 2 is 2.04 bits per heavy atom. The van der Waals surface area contributed by atoms with Gasteiger partial charge in [-0.2, -0.15) is 5.26 Å². The maximum Gasteiger partial charge on any atom is 0.165 e. The van der Waals surface area contributed by atoms with Gasteiger partial charge in [0.25, 0.3) is 0 Å². The largest absolute Gasteiger partial charge is 0.362 e. The molecule has 1 aliphatic heterocycles. The number of nitrogens with one attached hydrogen (secondary N) is 2. The molecule has 2 aromatic rings. The van der Waals surface area contributed by atoms with Crippen molar-refractivity contribution in [3.63, 3.8) is 0 Å². The maximum atomic E-state index is 13.2. The molecule has 2 aliphatic rings. The lowest BCUT2D eigenvalue weighted by molar-refractivity contribution is 0.439. The van der Waals surface area contributed by atoms with Crippen LogP contribution in [0.25, 0.3) is 10.4 Å². The summed E-state index contributed by atoms with van der Waals surface area (Å²) in [6.45, 7) is 1.78. The monoisotopic (exact) mass is 434 g/mol. The van der Waals surface area contributed by atoms with Gasteiger partial charge in [0, 0.05) is 27.7 Å². The summed E-state index contributed by atoms with van der Waals surface area (Å²) in [5.41, 5.74) is 0.226. The summed E-state index contributed by atoms with van der Waals surface area (Å²) in [7, 11) is -3.50. The van der Waals surface area contributed by atoms with Gasteiger partial charge in [-0.1, -0.05) is 24.4 Å². The summed E-state index contributed by atoms with van der Waals surface area (Å²) < 4.78 is 25.4. The van der Waals surface area contributed by atoms with Crippen LogP contribution >= 0.6 is 22.9 Å². The lowest BCUT2D eigenvalue weighted by atomic mass is 9.97. The fourth-order valence-corrected chi connectivity index (χ4v) is 8.50. The first-order valence-electron chi connectivity index (χ1n) is 8.96. The van der Waals surface area contributed by atoms with Crippen molar-refractivity contribution < 1.29 is 8.42 Å². The van der Waals surface area contributed by atoms with Crippen molar-refractivity contribution >= 4 is 38.6 Å². The van der Waals surface area contributed by atoms with Crippen LogP contribution in [-0.4, -0.2) is 29.7 Å². The van der Waals surface area contributed by atoms with Crippen molar-refractivity contribution in [2.45, 2.75) is 42.9 Å². The average Bonchev–Trinajstić information content (AvgIpc) is 3.28. The Morgan fingerprint density at radius 3 is 2.68 bits per heavy atom. The SMILES string of the molecule is C[C@@]1(c2sc(-c3cncc(C#N)c3)cc2Cl)CS(=O)(=O)C2(CCCC2)C(=N)N1. The van der Waals surface area contributed by atoms with Crippen LogP contribution in [0, 0.1) is 16.7 Å². The third-order valence-electron chi connectivity index (χ3n) is 5.68. The Morgan fingerprint density at radius 1 is 1.32 bits per heavy atom. The quantitative estimate of drug-likeness (QED) is 0.746. The standard InChI is InChI=1S/C19H19ClN4O2S2/c1-18(11-28(25,26)19(17(22)24-18)4-2-3-5-19)16-14(20)7-15(27-16)13-6-12(8-21)9-23-10-13/h6-7,9-10H,2-5,11H2,1H3,(H2,22,24)/t18-/m0/s1. The molecule has 1 atom stereocenters. The summed E-state index contributed by atoms with van der Waals surface area (Å²) in [5.74, 6) is -0.0173. The smallest absolute Gasteiger partial charge is 0.165 e. The number of hydrogen-bond donors (Lipinski definition) is 2. The van der Waals surface area contributed by atoms with E-state index in [1.165, 1.54) is 17.5 Å². The maximum absolute atomic E-state index is 13.2. The van der Waals surface area contributed by atoms with E-state index in [4.69, 9.17) is 22.3 Å². The fraction of sp³-hybridized carbons (Fsp3) is 0.421. The van der Waals surface area contributed by atoms with E-state index in [9.17, 15) is 8.42 Å². The van der Waals surface area contributed by atoms with Crippen molar-refractivity contribution in [1.29, 1.82) is 10.7 Å². The molecule has 0 unspecified atom stereocenters. The molecule has 2 aromatic heterocycles. The van der Waals surface area contributed by atoms with E-state index in [-0.39, 0.29) is 11.6 Å². The van der Waals surface area contributed by atoms with Gasteiger partial charge in [0.1, 0.15) is 16.7 Å². The van der Waals surface area contributed by atoms with E-state index >= 15 is 0 Å². The highest BCUT2D eigenvalue weighted by molar-refractivity contribution is 7.93. The van der Waals surface area contributed by atoms with Gasteiger partial charge in [-0.15, -0.1) is 11.3 Å². The molecule has 2 fully saturated rings. The molecule has 1 aliphatic carbocycles. The topological polar surface area (TPSA) is 107 Å². The summed E-state index contributed by atoms with van der Waals surface area (Å²) in [5, 5.41) is 21.2.